The van der Waals surface area contributed by atoms with Gasteiger partial charge in [0.2, 0.25) is 0 Å². The zero-order valence-electron chi connectivity index (χ0n) is 7.83. The van der Waals surface area contributed by atoms with Crippen LogP contribution in [0.3, 0.4) is 0 Å². The van der Waals surface area contributed by atoms with Gasteiger partial charge in [-0.3, -0.25) is 0 Å². The Morgan fingerprint density at radius 1 is 1.38 bits per heavy atom. The second-order valence-electron chi connectivity index (χ2n) is 3.56. The van der Waals surface area contributed by atoms with Crippen LogP contribution in [-0.4, -0.2) is 12.8 Å². The highest BCUT2D eigenvalue weighted by Gasteiger charge is 2.24. The number of hydrogen-bond donors (Lipinski definition) is 0. The number of aryl methyl sites for hydroxylation is 1. The third-order valence-corrected chi connectivity index (χ3v) is 2.60. The fourth-order valence-corrected chi connectivity index (χ4v) is 1.88. The minimum atomic E-state index is -0.777. The zero-order valence-corrected chi connectivity index (χ0v) is 7.83. The van der Waals surface area contributed by atoms with Crippen molar-refractivity contribution in [2.75, 3.05) is 11.4 Å². The molecule has 2 rings (SSSR count). The van der Waals surface area contributed by atoms with Crippen LogP contribution in [0.15, 0.2) is 24.3 Å². The van der Waals surface area contributed by atoms with E-state index in [0.717, 1.165) is 24.2 Å². The first kappa shape index (κ1) is 8.54. The van der Waals surface area contributed by atoms with Crippen LogP contribution >= 0.6 is 0 Å². The molecule has 1 heterocycles. The molecule has 0 saturated carbocycles. The molecule has 1 atom stereocenters. The summed E-state index contributed by atoms with van der Waals surface area (Å²) in [5.74, 6) is 0. The maximum absolute atomic E-state index is 13.4. The van der Waals surface area contributed by atoms with Gasteiger partial charge in [-0.2, -0.15) is 0 Å². The summed E-state index contributed by atoms with van der Waals surface area (Å²) in [5, 5.41) is 0. The maximum atomic E-state index is 13.4. The van der Waals surface area contributed by atoms with Gasteiger partial charge in [0, 0.05) is 12.2 Å². The van der Waals surface area contributed by atoms with Crippen LogP contribution in [0.1, 0.15) is 18.4 Å². The van der Waals surface area contributed by atoms with Crippen molar-refractivity contribution in [3.63, 3.8) is 0 Å². The molecule has 0 amide bonds. The third kappa shape index (κ3) is 1.53. The quantitative estimate of drug-likeness (QED) is 0.599. The molecule has 13 heavy (non-hydrogen) atoms. The molecule has 1 nitrogen and oxygen atoms in total. The van der Waals surface area contributed by atoms with Gasteiger partial charge in [0.25, 0.3) is 0 Å². The van der Waals surface area contributed by atoms with E-state index in [9.17, 15) is 4.39 Å². The van der Waals surface area contributed by atoms with Crippen molar-refractivity contribution < 1.29 is 4.39 Å². The molecule has 1 fully saturated rings. The normalized spacial score (nSPS) is 22.3. The number of alkyl halides is 1. The molecule has 70 valence electrons. The first-order valence-corrected chi connectivity index (χ1v) is 4.75. The Morgan fingerprint density at radius 3 is 2.77 bits per heavy atom. The SMILES string of the molecule is Cc1ccccc1N1CCCC1F. The molecule has 0 radical (unpaired) electrons. The second-order valence-corrected chi connectivity index (χ2v) is 3.56. The fraction of sp³-hybridized carbons (Fsp3) is 0.455. The van der Waals surface area contributed by atoms with Crippen LogP contribution in [0.5, 0.6) is 0 Å². The lowest BCUT2D eigenvalue weighted by atomic mass is 10.2. The summed E-state index contributed by atoms with van der Waals surface area (Å²) in [6.45, 7) is 2.88. The molecule has 1 aliphatic rings. The summed E-state index contributed by atoms with van der Waals surface area (Å²) >= 11 is 0. The molecule has 0 spiro atoms. The van der Waals surface area contributed by atoms with Crippen molar-refractivity contribution in [3.8, 4) is 0 Å². The highest BCUT2D eigenvalue weighted by Crippen LogP contribution is 2.28. The van der Waals surface area contributed by atoms with Crippen molar-refractivity contribution in [3.05, 3.63) is 29.8 Å². The molecule has 0 aliphatic carbocycles. The molecule has 1 saturated heterocycles. The Kier molecular flexibility index (Phi) is 2.21. The Labute approximate surface area is 78.2 Å². The summed E-state index contributed by atoms with van der Waals surface area (Å²) in [6.07, 6.45) is 0.866. The van der Waals surface area contributed by atoms with E-state index in [1.807, 2.05) is 36.1 Å². The van der Waals surface area contributed by atoms with Gasteiger partial charge in [-0.05, 0) is 31.4 Å². The van der Waals surface area contributed by atoms with E-state index in [0.29, 0.717) is 6.42 Å². The van der Waals surface area contributed by atoms with Crippen molar-refractivity contribution in [1.29, 1.82) is 0 Å². The number of hydrogen-bond acceptors (Lipinski definition) is 1. The Balaban J connectivity index is 2.29. The summed E-state index contributed by atoms with van der Waals surface area (Å²) < 4.78 is 13.4. The first-order chi connectivity index (χ1) is 6.29. The molecule has 1 unspecified atom stereocenters. The average Bonchev–Trinajstić information content (AvgIpc) is 2.52. The van der Waals surface area contributed by atoms with Crippen LogP contribution in [0.2, 0.25) is 0 Å². The Bertz CT molecular complexity index is 298. The van der Waals surface area contributed by atoms with Crippen LogP contribution < -0.4 is 4.90 Å². The lowest BCUT2D eigenvalue weighted by Crippen LogP contribution is -2.25. The number of benzene rings is 1. The van der Waals surface area contributed by atoms with E-state index in [-0.39, 0.29) is 0 Å². The van der Waals surface area contributed by atoms with Gasteiger partial charge < -0.3 is 4.90 Å². The fourth-order valence-electron chi connectivity index (χ4n) is 1.88. The molecular formula is C11H14FN. The van der Waals surface area contributed by atoms with Gasteiger partial charge in [0.1, 0.15) is 0 Å². The average molecular weight is 179 g/mol. The standard InChI is InChI=1S/C11H14FN/c1-9-5-2-3-6-10(9)13-8-4-7-11(13)12/h2-3,5-6,11H,4,7-8H2,1H3. The molecule has 1 aliphatic heterocycles. The van der Waals surface area contributed by atoms with E-state index < -0.39 is 6.30 Å². The summed E-state index contributed by atoms with van der Waals surface area (Å²) in [4.78, 5) is 1.86. The number of anilines is 1. The first-order valence-electron chi connectivity index (χ1n) is 4.75. The van der Waals surface area contributed by atoms with Gasteiger partial charge in [0.15, 0.2) is 6.30 Å². The number of rotatable bonds is 1. The van der Waals surface area contributed by atoms with E-state index in [1.54, 1.807) is 0 Å². The Morgan fingerprint density at radius 2 is 2.15 bits per heavy atom. The van der Waals surface area contributed by atoms with E-state index >= 15 is 0 Å². The van der Waals surface area contributed by atoms with Gasteiger partial charge in [0.05, 0.1) is 0 Å². The number of nitrogens with zero attached hydrogens (tertiary/aromatic N) is 1. The van der Waals surface area contributed by atoms with Gasteiger partial charge in [-0.1, -0.05) is 18.2 Å². The smallest absolute Gasteiger partial charge is 0.172 e. The highest BCUT2D eigenvalue weighted by molar-refractivity contribution is 5.53. The zero-order chi connectivity index (χ0) is 9.26. The topological polar surface area (TPSA) is 3.24 Å². The minimum absolute atomic E-state index is 0.675. The molecular weight excluding hydrogens is 165 g/mol. The van der Waals surface area contributed by atoms with Gasteiger partial charge in [-0.15, -0.1) is 0 Å². The molecule has 0 bridgehead atoms. The summed E-state index contributed by atoms with van der Waals surface area (Å²) in [5.41, 5.74) is 2.21. The van der Waals surface area contributed by atoms with Crippen LogP contribution in [0, 0.1) is 6.92 Å². The van der Waals surface area contributed by atoms with Crippen molar-refractivity contribution in [2.24, 2.45) is 0 Å². The maximum Gasteiger partial charge on any atom is 0.172 e. The second kappa shape index (κ2) is 3.36. The van der Waals surface area contributed by atoms with Crippen LogP contribution in [0.4, 0.5) is 10.1 Å². The van der Waals surface area contributed by atoms with Crippen molar-refractivity contribution in [2.45, 2.75) is 26.1 Å². The van der Waals surface area contributed by atoms with Crippen molar-refractivity contribution in [1.82, 2.24) is 0 Å². The Hall–Kier alpha value is -1.05. The molecule has 0 aromatic heterocycles. The van der Waals surface area contributed by atoms with Gasteiger partial charge in [-0.25, -0.2) is 4.39 Å². The highest BCUT2D eigenvalue weighted by atomic mass is 19.1. The lowest BCUT2D eigenvalue weighted by molar-refractivity contribution is 0.345. The molecule has 1 aromatic carbocycles. The summed E-state index contributed by atoms with van der Waals surface area (Å²) in [7, 11) is 0. The van der Waals surface area contributed by atoms with E-state index in [2.05, 4.69) is 0 Å². The summed E-state index contributed by atoms with van der Waals surface area (Å²) in [6, 6.07) is 7.98. The predicted octanol–water partition coefficient (Wildman–Crippen LogP) is 2.89. The van der Waals surface area contributed by atoms with Crippen LogP contribution in [0.25, 0.3) is 0 Å². The van der Waals surface area contributed by atoms with Crippen molar-refractivity contribution >= 4 is 5.69 Å². The molecule has 1 aromatic rings. The van der Waals surface area contributed by atoms with Crippen LogP contribution in [-0.2, 0) is 0 Å². The minimum Gasteiger partial charge on any atom is -0.342 e. The largest absolute Gasteiger partial charge is 0.342 e. The molecule has 2 heteroatoms. The number of halogens is 1. The monoisotopic (exact) mass is 179 g/mol. The molecule has 0 N–H and O–H groups in total. The van der Waals surface area contributed by atoms with E-state index in [4.69, 9.17) is 0 Å². The lowest BCUT2D eigenvalue weighted by Gasteiger charge is -2.22. The predicted molar refractivity (Wildman–Crippen MR) is 52.7 cm³/mol. The van der Waals surface area contributed by atoms with Gasteiger partial charge >= 0.3 is 0 Å². The van der Waals surface area contributed by atoms with E-state index in [1.165, 1.54) is 0 Å². The number of para-hydroxylation sites is 1. The third-order valence-electron chi connectivity index (χ3n) is 2.60.